The van der Waals surface area contributed by atoms with E-state index in [-0.39, 0.29) is 0 Å². The Balaban J connectivity index is 2.27. The minimum absolute atomic E-state index is 0.820. The summed E-state index contributed by atoms with van der Waals surface area (Å²) in [6.07, 6.45) is 0. The van der Waals surface area contributed by atoms with Crippen molar-refractivity contribution in [1.29, 1.82) is 0 Å². The van der Waals surface area contributed by atoms with Gasteiger partial charge >= 0.3 is 0 Å². The molecule has 0 unspecified atom stereocenters. The second-order valence-electron chi connectivity index (χ2n) is 2.77. The molecule has 0 atom stereocenters. The molecular weight excluding hydrogens is 150 g/mol. The molecule has 0 aliphatic carbocycles. The Hall–Kier alpha value is -1.35. The van der Waals surface area contributed by atoms with Gasteiger partial charge in [0.25, 0.3) is 0 Å². The molecule has 1 aliphatic heterocycles. The quantitative estimate of drug-likeness (QED) is 0.661. The summed E-state index contributed by atoms with van der Waals surface area (Å²) in [6, 6.07) is 10.2. The molecule has 1 aliphatic rings. The fraction of sp³-hybridized carbons (Fsp3) is 0.222. The highest BCUT2D eigenvalue weighted by Crippen LogP contribution is 2.04. The zero-order chi connectivity index (χ0) is 8.39. The molecule has 0 saturated carbocycles. The van der Waals surface area contributed by atoms with Crippen molar-refractivity contribution >= 4 is 5.71 Å². The van der Waals surface area contributed by atoms with E-state index in [1.54, 1.807) is 5.12 Å². The van der Waals surface area contributed by atoms with Crippen LogP contribution in [0, 0.1) is 0 Å². The van der Waals surface area contributed by atoms with Crippen molar-refractivity contribution < 1.29 is 0 Å². The van der Waals surface area contributed by atoms with Crippen molar-refractivity contribution in [2.75, 3.05) is 13.6 Å². The lowest BCUT2D eigenvalue weighted by atomic mass is 10.1. The smallest absolute Gasteiger partial charge is 0.0850 e. The maximum Gasteiger partial charge on any atom is 0.0850 e. The van der Waals surface area contributed by atoms with E-state index in [9.17, 15) is 0 Å². The minimum Gasteiger partial charge on any atom is -0.232 e. The first-order valence-electron chi connectivity index (χ1n) is 3.96. The predicted molar refractivity (Wildman–Crippen MR) is 48.7 cm³/mol. The van der Waals surface area contributed by atoms with Gasteiger partial charge < -0.3 is 0 Å². The molecule has 2 rings (SSSR count). The van der Waals surface area contributed by atoms with E-state index in [0.29, 0.717) is 0 Å². The molecule has 1 heterocycles. The number of rotatable bonds is 1. The van der Waals surface area contributed by atoms with Crippen molar-refractivity contribution in [3.63, 3.8) is 0 Å². The van der Waals surface area contributed by atoms with Crippen LogP contribution in [0.1, 0.15) is 5.56 Å². The third-order valence-corrected chi connectivity index (χ3v) is 1.85. The largest absolute Gasteiger partial charge is 0.232 e. The van der Waals surface area contributed by atoms with Crippen molar-refractivity contribution in [2.24, 2.45) is 5.10 Å². The predicted octanol–water partition coefficient (Wildman–Crippen LogP) is 0.841. The van der Waals surface area contributed by atoms with E-state index in [0.717, 1.165) is 12.3 Å². The molecule has 0 bridgehead atoms. The lowest BCUT2D eigenvalue weighted by Crippen LogP contribution is -2.24. The van der Waals surface area contributed by atoms with Crippen molar-refractivity contribution in [3.05, 3.63) is 35.9 Å². The van der Waals surface area contributed by atoms with E-state index in [4.69, 9.17) is 0 Å². The normalized spacial score (nSPS) is 16.4. The summed E-state index contributed by atoms with van der Waals surface area (Å²) in [6.45, 7) is 0.820. The van der Waals surface area contributed by atoms with Crippen LogP contribution in [0.3, 0.4) is 0 Å². The fourth-order valence-corrected chi connectivity index (χ4v) is 1.23. The summed E-state index contributed by atoms with van der Waals surface area (Å²) in [5.41, 5.74) is 5.38. The number of hydrogen-bond donors (Lipinski definition) is 1. The SMILES string of the molecule is CN1N=C(c2ccccc2)CN1. The van der Waals surface area contributed by atoms with Crippen molar-refractivity contribution in [3.8, 4) is 0 Å². The molecule has 1 N–H and O–H groups in total. The van der Waals surface area contributed by atoms with Crippen LogP contribution in [-0.2, 0) is 0 Å². The van der Waals surface area contributed by atoms with E-state index in [1.165, 1.54) is 5.56 Å². The van der Waals surface area contributed by atoms with Gasteiger partial charge in [-0.25, -0.2) is 10.5 Å². The Kier molecular flexibility index (Phi) is 1.80. The van der Waals surface area contributed by atoms with Crippen LogP contribution in [0.2, 0.25) is 0 Å². The molecule has 0 spiro atoms. The maximum atomic E-state index is 4.30. The zero-order valence-electron chi connectivity index (χ0n) is 6.99. The second-order valence-corrected chi connectivity index (χ2v) is 2.77. The van der Waals surface area contributed by atoms with Gasteiger partial charge in [-0.1, -0.05) is 30.3 Å². The molecule has 1 aromatic rings. The lowest BCUT2D eigenvalue weighted by molar-refractivity contribution is 0.289. The monoisotopic (exact) mass is 161 g/mol. The molecule has 0 radical (unpaired) electrons. The number of hydrogen-bond acceptors (Lipinski definition) is 3. The Labute approximate surface area is 71.7 Å². The second kappa shape index (κ2) is 2.95. The zero-order valence-corrected chi connectivity index (χ0v) is 6.99. The van der Waals surface area contributed by atoms with Gasteiger partial charge in [0.15, 0.2) is 0 Å². The third-order valence-electron chi connectivity index (χ3n) is 1.85. The number of hydrazone groups is 1. The Morgan fingerprint density at radius 3 is 2.67 bits per heavy atom. The molecule has 3 nitrogen and oxygen atoms in total. The topological polar surface area (TPSA) is 27.6 Å². The molecule has 0 amide bonds. The Morgan fingerprint density at radius 1 is 1.33 bits per heavy atom. The van der Waals surface area contributed by atoms with E-state index < -0.39 is 0 Å². The summed E-state index contributed by atoms with van der Waals surface area (Å²) in [4.78, 5) is 0. The first-order chi connectivity index (χ1) is 5.86. The third kappa shape index (κ3) is 1.31. The van der Waals surface area contributed by atoms with Gasteiger partial charge in [-0.2, -0.15) is 5.10 Å². The average molecular weight is 161 g/mol. The highest BCUT2D eigenvalue weighted by atomic mass is 15.7. The minimum atomic E-state index is 0.820. The van der Waals surface area contributed by atoms with Gasteiger partial charge in [0, 0.05) is 7.05 Å². The molecule has 62 valence electrons. The van der Waals surface area contributed by atoms with Crippen LogP contribution in [0.4, 0.5) is 0 Å². The molecular formula is C9H11N3. The number of nitrogens with one attached hydrogen (secondary N) is 1. The summed E-state index contributed by atoms with van der Waals surface area (Å²) in [5, 5.41) is 6.04. The van der Waals surface area contributed by atoms with Crippen molar-refractivity contribution in [2.45, 2.75) is 0 Å². The van der Waals surface area contributed by atoms with Gasteiger partial charge in [-0.3, -0.25) is 0 Å². The summed E-state index contributed by atoms with van der Waals surface area (Å²) in [5.74, 6) is 0. The van der Waals surface area contributed by atoms with Gasteiger partial charge in [0.2, 0.25) is 0 Å². The number of hydrazine groups is 1. The van der Waals surface area contributed by atoms with E-state index in [1.807, 2.05) is 25.2 Å². The van der Waals surface area contributed by atoms with Crippen molar-refractivity contribution in [1.82, 2.24) is 10.5 Å². The van der Waals surface area contributed by atoms with Crippen LogP contribution in [0.25, 0.3) is 0 Å². The molecule has 0 saturated heterocycles. The van der Waals surface area contributed by atoms with E-state index in [2.05, 4.69) is 22.7 Å². The average Bonchev–Trinajstić information content (AvgIpc) is 2.54. The van der Waals surface area contributed by atoms with Gasteiger partial charge in [-0.05, 0) is 5.56 Å². The first-order valence-corrected chi connectivity index (χ1v) is 3.96. The molecule has 0 fully saturated rings. The molecule has 0 aromatic heterocycles. The molecule has 12 heavy (non-hydrogen) atoms. The van der Waals surface area contributed by atoms with Crippen LogP contribution in [0.5, 0.6) is 0 Å². The standard InChI is InChI=1S/C9H11N3/c1-12-10-7-9(11-12)8-5-3-2-4-6-8/h2-6,10H,7H2,1H3. The number of nitrogens with zero attached hydrogens (tertiary/aromatic N) is 2. The van der Waals surface area contributed by atoms with Gasteiger partial charge in [0.1, 0.15) is 0 Å². The summed E-state index contributed by atoms with van der Waals surface area (Å²) in [7, 11) is 1.90. The summed E-state index contributed by atoms with van der Waals surface area (Å²) >= 11 is 0. The fourth-order valence-electron chi connectivity index (χ4n) is 1.23. The van der Waals surface area contributed by atoms with Crippen LogP contribution in [0.15, 0.2) is 35.4 Å². The van der Waals surface area contributed by atoms with Crippen LogP contribution in [-0.4, -0.2) is 24.4 Å². The number of benzene rings is 1. The molecule has 1 aromatic carbocycles. The Bertz CT molecular complexity index is 292. The highest BCUT2D eigenvalue weighted by Gasteiger charge is 2.10. The lowest BCUT2D eigenvalue weighted by Gasteiger charge is -2.01. The first kappa shape index (κ1) is 7.31. The van der Waals surface area contributed by atoms with Gasteiger partial charge in [0.05, 0.1) is 12.3 Å². The summed E-state index contributed by atoms with van der Waals surface area (Å²) < 4.78 is 0. The highest BCUT2D eigenvalue weighted by molar-refractivity contribution is 6.02. The van der Waals surface area contributed by atoms with Crippen LogP contribution >= 0.6 is 0 Å². The van der Waals surface area contributed by atoms with E-state index >= 15 is 0 Å². The van der Waals surface area contributed by atoms with Gasteiger partial charge in [-0.15, -0.1) is 0 Å². The Morgan fingerprint density at radius 2 is 2.08 bits per heavy atom. The molecule has 3 heteroatoms. The van der Waals surface area contributed by atoms with Crippen LogP contribution < -0.4 is 5.43 Å². The maximum absolute atomic E-state index is 4.30.